The fourth-order valence-electron chi connectivity index (χ4n) is 0.0981. The SMILES string of the molecule is COC(=O)O[P+](=O)[O-]. The summed E-state index contributed by atoms with van der Waals surface area (Å²) in [5, 5.41) is 0. The normalized spacial score (nSPS) is 10.0. The van der Waals surface area contributed by atoms with Gasteiger partial charge in [-0.05, 0) is 4.57 Å². The Kier molecular flexibility index (Phi) is 3.07. The molecule has 0 aromatic heterocycles. The van der Waals surface area contributed by atoms with Gasteiger partial charge in [0.05, 0.1) is 7.11 Å². The minimum absolute atomic E-state index is 1.02. The summed E-state index contributed by atoms with van der Waals surface area (Å²) in [6.07, 6.45) is -1.22. The van der Waals surface area contributed by atoms with Crippen molar-refractivity contribution >= 4 is 14.4 Å². The average molecular weight is 138 g/mol. The zero-order chi connectivity index (χ0) is 6.57. The van der Waals surface area contributed by atoms with E-state index in [1.165, 1.54) is 0 Å². The van der Waals surface area contributed by atoms with Crippen LogP contribution in [0.2, 0.25) is 0 Å². The Balaban J connectivity index is 3.40. The molecule has 0 aromatic rings. The molecule has 0 bridgehead atoms. The van der Waals surface area contributed by atoms with E-state index in [9.17, 15) is 14.3 Å². The van der Waals surface area contributed by atoms with Gasteiger partial charge in [0, 0.05) is 0 Å². The van der Waals surface area contributed by atoms with E-state index in [1.807, 2.05) is 0 Å². The van der Waals surface area contributed by atoms with Gasteiger partial charge < -0.3 is 9.63 Å². The van der Waals surface area contributed by atoms with Gasteiger partial charge in [0.15, 0.2) is 0 Å². The van der Waals surface area contributed by atoms with Crippen molar-refractivity contribution in [3.05, 3.63) is 0 Å². The van der Waals surface area contributed by atoms with E-state index in [0.29, 0.717) is 0 Å². The van der Waals surface area contributed by atoms with Crippen LogP contribution in [0.5, 0.6) is 0 Å². The Morgan fingerprint density at radius 3 is 2.38 bits per heavy atom. The van der Waals surface area contributed by atoms with Crippen LogP contribution in [0.4, 0.5) is 4.79 Å². The molecule has 1 unspecified atom stereocenters. The zero-order valence-corrected chi connectivity index (χ0v) is 4.88. The molecule has 0 saturated heterocycles. The number of methoxy groups -OCH3 is 1. The van der Waals surface area contributed by atoms with Crippen molar-refractivity contribution in [3.63, 3.8) is 0 Å². The van der Waals surface area contributed by atoms with Gasteiger partial charge in [-0.2, -0.15) is 9.32 Å². The summed E-state index contributed by atoms with van der Waals surface area (Å²) in [6.45, 7) is 0. The molecule has 0 radical (unpaired) electrons. The maximum atomic E-state index is 9.79. The molecule has 0 aliphatic rings. The third-order valence-electron chi connectivity index (χ3n) is 0.316. The van der Waals surface area contributed by atoms with E-state index in [-0.39, 0.29) is 0 Å². The Morgan fingerprint density at radius 1 is 1.75 bits per heavy atom. The predicted molar refractivity (Wildman–Crippen MR) is 21.1 cm³/mol. The highest BCUT2D eigenvalue weighted by Crippen LogP contribution is 2.08. The lowest BCUT2D eigenvalue weighted by Gasteiger charge is -1.86. The smallest absolute Gasteiger partial charge is 0.556 e. The highest BCUT2D eigenvalue weighted by atomic mass is 31.1. The van der Waals surface area contributed by atoms with Crippen LogP contribution in [0, 0.1) is 0 Å². The van der Waals surface area contributed by atoms with Gasteiger partial charge >= 0.3 is 14.4 Å². The van der Waals surface area contributed by atoms with Crippen LogP contribution in [-0.4, -0.2) is 13.3 Å². The second-order valence-electron chi connectivity index (χ2n) is 0.769. The lowest BCUT2D eigenvalue weighted by Crippen LogP contribution is -2.01. The quantitative estimate of drug-likeness (QED) is 0.370. The van der Waals surface area contributed by atoms with Crippen molar-refractivity contribution in [3.8, 4) is 0 Å². The molecule has 0 spiro atoms. The molecule has 0 aromatic carbocycles. The van der Waals surface area contributed by atoms with E-state index in [0.717, 1.165) is 7.11 Å². The predicted octanol–water partition coefficient (Wildman–Crippen LogP) is -0.213. The Hall–Kier alpha value is -0.670. The number of carbonyl (C=O) groups excluding carboxylic acids is 1. The van der Waals surface area contributed by atoms with Crippen LogP contribution in [0.1, 0.15) is 0 Å². The molecule has 1 atom stereocenters. The molecule has 0 aliphatic carbocycles. The number of ether oxygens (including phenoxy) is 1. The van der Waals surface area contributed by atoms with Gasteiger partial charge in [0.25, 0.3) is 0 Å². The first-order valence-corrected chi connectivity index (χ1v) is 2.66. The Bertz CT molecular complexity index is 109. The highest BCUT2D eigenvalue weighted by Gasteiger charge is 2.10. The molecule has 46 valence electrons. The minimum atomic E-state index is -3.12. The standard InChI is InChI=1S/C2H3O5P/c1-6-2(3)7-8(4)5/h1H3. The summed E-state index contributed by atoms with van der Waals surface area (Å²) in [5.41, 5.74) is 0. The summed E-state index contributed by atoms with van der Waals surface area (Å²) < 4.78 is 16.8. The van der Waals surface area contributed by atoms with Crippen LogP contribution in [0.15, 0.2) is 0 Å². The van der Waals surface area contributed by atoms with Crippen molar-refractivity contribution in [2.24, 2.45) is 0 Å². The van der Waals surface area contributed by atoms with E-state index >= 15 is 0 Å². The lowest BCUT2D eigenvalue weighted by atomic mass is 11.4. The van der Waals surface area contributed by atoms with Gasteiger partial charge in [-0.25, -0.2) is 0 Å². The number of hydrogen-bond donors (Lipinski definition) is 0. The molecular formula is C2H3O5P. The molecule has 8 heavy (non-hydrogen) atoms. The van der Waals surface area contributed by atoms with Crippen LogP contribution in [0.25, 0.3) is 0 Å². The molecule has 0 aliphatic heterocycles. The number of hydrogen-bond acceptors (Lipinski definition) is 5. The molecule has 5 nitrogen and oxygen atoms in total. The van der Waals surface area contributed by atoms with E-state index < -0.39 is 14.4 Å². The Labute approximate surface area is 46.2 Å². The van der Waals surface area contributed by atoms with Crippen LogP contribution < -0.4 is 4.89 Å². The van der Waals surface area contributed by atoms with Crippen LogP contribution in [0.3, 0.4) is 0 Å². The van der Waals surface area contributed by atoms with Crippen molar-refractivity contribution in [1.29, 1.82) is 0 Å². The molecule has 0 fully saturated rings. The monoisotopic (exact) mass is 138 g/mol. The van der Waals surface area contributed by atoms with Crippen molar-refractivity contribution < 1.29 is 23.5 Å². The zero-order valence-electron chi connectivity index (χ0n) is 3.99. The van der Waals surface area contributed by atoms with E-state index in [1.54, 1.807) is 0 Å². The molecule has 6 heteroatoms. The van der Waals surface area contributed by atoms with Gasteiger partial charge in [0.2, 0.25) is 0 Å². The average Bonchev–Trinajstić information content (AvgIpc) is 1.65. The molecule has 0 saturated carbocycles. The molecular weight excluding hydrogens is 135 g/mol. The van der Waals surface area contributed by atoms with Gasteiger partial charge in [0.1, 0.15) is 0 Å². The molecule has 0 heterocycles. The molecule has 0 N–H and O–H groups in total. The van der Waals surface area contributed by atoms with E-state index in [2.05, 4.69) is 9.26 Å². The molecule has 0 amide bonds. The second-order valence-corrected chi connectivity index (χ2v) is 1.40. The number of carbonyl (C=O) groups is 1. The Morgan fingerprint density at radius 2 is 2.25 bits per heavy atom. The molecule has 0 rings (SSSR count). The maximum absolute atomic E-state index is 9.79. The summed E-state index contributed by atoms with van der Waals surface area (Å²) in [5.74, 6) is 0. The number of rotatable bonds is 1. The third kappa shape index (κ3) is 3.52. The first kappa shape index (κ1) is 7.33. The summed E-state index contributed by atoms with van der Waals surface area (Å²) in [6, 6.07) is 0. The fraction of sp³-hybridized carbons (Fsp3) is 0.500. The van der Waals surface area contributed by atoms with Gasteiger partial charge in [-0.3, -0.25) is 0 Å². The third-order valence-corrected chi connectivity index (χ3v) is 0.614. The first-order chi connectivity index (χ1) is 3.66. The van der Waals surface area contributed by atoms with Crippen molar-refractivity contribution in [2.75, 3.05) is 7.11 Å². The summed E-state index contributed by atoms with van der Waals surface area (Å²) in [7, 11) is -2.11. The van der Waals surface area contributed by atoms with Crippen molar-refractivity contribution in [1.82, 2.24) is 0 Å². The lowest BCUT2D eigenvalue weighted by molar-refractivity contribution is -0.182. The highest BCUT2D eigenvalue weighted by molar-refractivity contribution is 7.31. The van der Waals surface area contributed by atoms with Gasteiger partial charge in [-0.1, -0.05) is 0 Å². The van der Waals surface area contributed by atoms with Crippen molar-refractivity contribution in [2.45, 2.75) is 0 Å². The largest absolute Gasteiger partial charge is 0.558 e. The maximum Gasteiger partial charge on any atom is 0.556 e. The summed E-state index contributed by atoms with van der Waals surface area (Å²) >= 11 is 0. The van der Waals surface area contributed by atoms with Crippen LogP contribution in [-0.2, 0) is 13.8 Å². The topological polar surface area (TPSA) is 75.7 Å². The summed E-state index contributed by atoms with van der Waals surface area (Å²) in [4.78, 5) is 19.3. The fourth-order valence-corrected chi connectivity index (χ4v) is 0.294. The minimum Gasteiger partial charge on any atom is -0.558 e. The van der Waals surface area contributed by atoms with Gasteiger partial charge in [-0.15, -0.1) is 0 Å². The first-order valence-electron chi connectivity index (χ1n) is 1.57. The van der Waals surface area contributed by atoms with E-state index in [4.69, 9.17) is 0 Å². The second kappa shape index (κ2) is 3.35. The van der Waals surface area contributed by atoms with Crippen LogP contribution >= 0.6 is 8.25 Å².